The molecule has 4 heteroatoms. The molecule has 0 radical (unpaired) electrons. The number of hydrogen-bond acceptors (Lipinski definition) is 3. The van der Waals surface area contributed by atoms with Crippen molar-refractivity contribution >= 4 is 5.97 Å². The zero-order valence-corrected chi connectivity index (χ0v) is 10.4. The number of aliphatic carboxylic acids is 1. The summed E-state index contributed by atoms with van der Waals surface area (Å²) in [5, 5.41) is 8.87. The maximum absolute atomic E-state index is 10.8. The number of benzene rings is 1. The molecule has 0 fully saturated rings. The van der Waals surface area contributed by atoms with E-state index in [1.54, 1.807) is 0 Å². The van der Waals surface area contributed by atoms with Gasteiger partial charge in [-0.2, -0.15) is 0 Å². The number of carbonyl (C=O) groups is 1. The van der Waals surface area contributed by atoms with E-state index in [2.05, 4.69) is 4.98 Å². The van der Waals surface area contributed by atoms with Crippen molar-refractivity contribution in [1.82, 2.24) is 4.98 Å². The Hall–Kier alpha value is -2.10. The van der Waals surface area contributed by atoms with Crippen LogP contribution in [0.15, 0.2) is 34.7 Å². The molecule has 0 unspecified atom stereocenters. The molecule has 1 aromatic carbocycles. The maximum atomic E-state index is 10.8. The molecule has 0 atom stereocenters. The van der Waals surface area contributed by atoms with Crippen molar-refractivity contribution in [2.45, 2.75) is 26.2 Å². The van der Waals surface area contributed by atoms with Gasteiger partial charge in [0.05, 0.1) is 12.1 Å². The highest BCUT2D eigenvalue weighted by molar-refractivity contribution is 5.70. The summed E-state index contributed by atoms with van der Waals surface area (Å²) in [6.07, 6.45) is -0.107. The second-order valence-electron chi connectivity index (χ2n) is 4.42. The Kier molecular flexibility index (Phi) is 3.46. The van der Waals surface area contributed by atoms with E-state index in [-0.39, 0.29) is 12.3 Å². The van der Waals surface area contributed by atoms with Crippen molar-refractivity contribution in [2.75, 3.05) is 0 Å². The number of oxazole rings is 1. The highest BCUT2D eigenvalue weighted by Crippen LogP contribution is 2.27. The largest absolute Gasteiger partial charge is 0.481 e. The Morgan fingerprint density at radius 1 is 1.33 bits per heavy atom. The topological polar surface area (TPSA) is 63.3 Å². The second-order valence-corrected chi connectivity index (χ2v) is 4.42. The third kappa shape index (κ3) is 2.59. The van der Waals surface area contributed by atoms with Crippen LogP contribution in [0.1, 0.15) is 31.2 Å². The van der Waals surface area contributed by atoms with Crippen LogP contribution in [0.3, 0.4) is 0 Å². The summed E-state index contributed by atoms with van der Waals surface area (Å²) >= 11 is 0. The van der Waals surface area contributed by atoms with Crippen molar-refractivity contribution in [3.63, 3.8) is 0 Å². The standard InChI is InChI=1S/C14H15NO3/c1-9(2)13-11(8-12(16)17)15-14(18-13)10-6-4-3-5-7-10/h3-7,9H,8H2,1-2H3,(H,16,17). The van der Waals surface area contributed by atoms with Gasteiger partial charge in [0.15, 0.2) is 0 Å². The van der Waals surface area contributed by atoms with Gasteiger partial charge < -0.3 is 9.52 Å². The van der Waals surface area contributed by atoms with Crippen molar-refractivity contribution in [1.29, 1.82) is 0 Å². The lowest BCUT2D eigenvalue weighted by Gasteiger charge is -2.00. The van der Waals surface area contributed by atoms with Crippen molar-refractivity contribution in [3.8, 4) is 11.5 Å². The average molecular weight is 245 g/mol. The van der Waals surface area contributed by atoms with Gasteiger partial charge in [-0.15, -0.1) is 0 Å². The van der Waals surface area contributed by atoms with Crippen molar-refractivity contribution in [2.24, 2.45) is 0 Å². The molecule has 0 aliphatic heterocycles. The maximum Gasteiger partial charge on any atom is 0.309 e. The monoisotopic (exact) mass is 245 g/mol. The summed E-state index contributed by atoms with van der Waals surface area (Å²) in [6, 6.07) is 9.48. The Balaban J connectivity index is 2.42. The fourth-order valence-corrected chi connectivity index (χ4v) is 1.79. The predicted octanol–water partition coefficient (Wildman–Crippen LogP) is 3.09. The van der Waals surface area contributed by atoms with Crippen LogP contribution in [-0.4, -0.2) is 16.1 Å². The molecule has 0 saturated heterocycles. The van der Waals surface area contributed by atoms with Crippen molar-refractivity contribution < 1.29 is 14.3 Å². The quantitative estimate of drug-likeness (QED) is 0.899. The van der Waals surface area contributed by atoms with E-state index in [4.69, 9.17) is 9.52 Å². The zero-order chi connectivity index (χ0) is 13.1. The van der Waals surface area contributed by atoms with Crippen LogP contribution >= 0.6 is 0 Å². The van der Waals surface area contributed by atoms with E-state index in [1.807, 2.05) is 44.2 Å². The highest BCUT2D eigenvalue weighted by Gasteiger charge is 2.19. The van der Waals surface area contributed by atoms with Gasteiger partial charge >= 0.3 is 5.97 Å². The smallest absolute Gasteiger partial charge is 0.309 e. The fourth-order valence-electron chi connectivity index (χ4n) is 1.79. The summed E-state index contributed by atoms with van der Waals surface area (Å²) in [5.74, 6) is 0.348. The molecule has 0 spiro atoms. The lowest BCUT2D eigenvalue weighted by Crippen LogP contribution is -2.03. The van der Waals surface area contributed by atoms with E-state index >= 15 is 0 Å². The Labute approximate surface area is 105 Å². The summed E-state index contributed by atoms with van der Waals surface area (Å²) in [6.45, 7) is 3.92. The van der Waals surface area contributed by atoms with Gasteiger partial charge in [0.2, 0.25) is 5.89 Å². The van der Waals surface area contributed by atoms with E-state index in [0.717, 1.165) is 5.56 Å². The normalized spacial score (nSPS) is 10.8. The first-order valence-corrected chi connectivity index (χ1v) is 5.84. The second kappa shape index (κ2) is 5.04. The molecule has 0 bridgehead atoms. The van der Waals surface area contributed by atoms with Gasteiger partial charge in [-0.05, 0) is 12.1 Å². The van der Waals surface area contributed by atoms with Gasteiger partial charge in [0.1, 0.15) is 5.76 Å². The molecule has 0 aliphatic carbocycles. The zero-order valence-electron chi connectivity index (χ0n) is 10.4. The molecule has 1 N–H and O–H groups in total. The molecular formula is C14H15NO3. The Morgan fingerprint density at radius 2 is 2.00 bits per heavy atom. The molecular weight excluding hydrogens is 230 g/mol. The van der Waals surface area contributed by atoms with Crippen LogP contribution in [0.25, 0.3) is 11.5 Å². The molecule has 4 nitrogen and oxygen atoms in total. The number of hydrogen-bond donors (Lipinski definition) is 1. The Bertz CT molecular complexity index is 543. The first kappa shape index (κ1) is 12.4. The third-order valence-electron chi connectivity index (χ3n) is 2.59. The van der Waals surface area contributed by atoms with E-state index in [0.29, 0.717) is 17.3 Å². The molecule has 18 heavy (non-hydrogen) atoms. The first-order valence-electron chi connectivity index (χ1n) is 5.84. The minimum atomic E-state index is -0.898. The van der Waals surface area contributed by atoms with Crippen LogP contribution in [-0.2, 0) is 11.2 Å². The average Bonchev–Trinajstić information content (AvgIpc) is 2.73. The first-order chi connectivity index (χ1) is 8.58. The van der Waals surface area contributed by atoms with Gasteiger partial charge in [0.25, 0.3) is 0 Å². The lowest BCUT2D eigenvalue weighted by atomic mass is 10.1. The molecule has 2 aromatic rings. The highest BCUT2D eigenvalue weighted by atomic mass is 16.4. The summed E-state index contributed by atoms with van der Waals surface area (Å²) in [4.78, 5) is 15.1. The van der Waals surface area contributed by atoms with Crippen LogP contribution in [0.4, 0.5) is 0 Å². The molecule has 0 amide bonds. The summed E-state index contributed by atoms with van der Waals surface area (Å²) in [7, 11) is 0. The van der Waals surface area contributed by atoms with Gasteiger partial charge in [-0.1, -0.05) is 32.0 Å². The minimum Gasteiger partial charge on any atom is -0.481 e. The van der Waals surface area contributed by atoms with E-state index in [9.17, 15) is 4.79 Å². The Morgan fingerprint density at radius 3 is 2.56 bits per heavy atom. The van der Waals surface area contributed by atoms with Crippen LogP contribution in [0, 0.1) is 0 Å². The molecule has 94 valence electrons. The molecule has 0 saturated carbocycles. The number of carboxylic acids is 1. The predicted molar refractivity (Wildman–Crippen MR) is 67.4 cm³/mol. The summed E-state index contributed by atoms with van der Waals surface area (Å²) in [5.41, 5.74) is 1.37. The lowest BCUT2D eigenvalue weighted by molar-refractivity contribution is -0.136. The molecule has 1 aromatic heterocycles. The number of aromatic nitrogens is 1. The van der Waals surface area contributed by atoms with E-state index < -0.39 is 5.97 Å². The third-order valence-corrected chi connectivity index (χ3v) is 2.59. The fraction of sp³-hybridized carbons (Fsp3) is 0.286. The number of carboxylic acid groups (broad SMARTS) is 1. The van der Waals surface area contributed by atoms with Crippen LogP contribution < -0.4 is 0 Å². The minimum absolute atomic E-state index is 0.107. The van der Waals surface area contributed by atoms with E-state index in [1.165, 1.54) is 0 Å². The van der Waals surface area contributed by atoms with Gasteiger partial charge in [-0.3, -0.25) is 4.79 Å². The van der Waals surface area contributed by atoms with Crippen molar-refractivity contribution in [3.05, 3.63) is 41.8 Å². The van der Waals surface area contributed by atoms with Gasteiger partial charge in [0, 0.05) is 11.5 Å². The summed E-state index contributed by atoms with van der Waals surface area (Å²) < 4.78 is 5.69. The SMILES string of the molecule is CC(C)c1oc(-c2ccccc2)nc1CC(=O)O. The molecule has 0 aliphatic rings. The number of rotatable bonds is 4. The van der Waals surface area contributed by atoms with Crippen LogP contribution in [0.5, 0.6) is 0 Å². The number of nitrogens with zero attached hydrogens (tertiary/aromatic N) is 1. The van der Waals surface area contributed by atoms with Gasteiger partial charge in [-0.25, -0.2) is 4.98 Å². The molecule has 1 heterocycles. The van der Waals surface area contributed by atoms with Crippen LogP contribution in [0.2, 0.25) is 0 Å². The molecule has 2 rings (SSSR count).